The van der Waals surface area contributed by atoms with Crippen molar-refractivity contribution in [2.75, 3.05) is 18.9 Å². The number of nitrogens with one attached hydrogen (secondary N) is 3. The van der Waals surface area contributed by atoms with Crippen LogP contribution in [0.1, 0.15) is 15.9 Å². The average Bonchev–Trinajstić information content (AvgIpc) is 2.67. The van der Waals surface area contributed by atoms with Gasteiger partial charge in [0, 0.05) is 25.2 Å². The van der Waals surface area contributed by atoms with Crippen LogP contribution in [0.25, 0.3) is 10.9 Å². The summed E-state index contributed by atoms with van der Waals surface area (Å²) in [7, 11) is 1.56. The predicted molar refractivity (Wildman–Crippen MR) is 101 cm³/mol. The predicted octanol–water partition coefficient (Wildman–Crippen LogP) is 1.85. The van der Waals surface area contributed by atoms with Gasteiger partial charge in [-0.15, -0.1) is 0 Å². The van der Waals surface area contributed by atoms with Gasteiger partial charge in [-0.2, -0.15) is 0 Å². The van der Waals surface area contributed by atoms with Crippen molar-refractivity contribution in [3.8, 4) is 0 Å². The van der Waals surface area contributed by atoms with Crippen LogP contribution in [0.2, 0.25) is 0 Å². The summed E-state index contributed by atoms with van der Waals surface area (Å²) in [5.41, 5.74) is 1.50. The Labute approximate surface area is 153 Å². The molecule has 0 saturated carbocycles. The second-order valence-electron chi connectivity index (χ2n) is 5.83. The Morgan fingerprint density at radius 1 is 1.30 bits per heavy atom. The van der Waals surface area contributed by atoms with Crippen molar-refractivity contribution in [2.45, 2.75) is 6.42 Å². The molecule has 0 radical (unpaired) electrons. The van der Waals surface area contributed by atoms with Crippen LogP contribution in [0.3, 0.4) is 0 Å². The lowest BCUT2D eigenvalue weighted by atomic mass is 10.1. The number of nitro groups is 1. The fourth-order valence-electron chi connectivity index (χ4n) is 2.75. The first-order valence-electron chi connectivity index (χ1n) is 8.20. The van der Waals surface area contributed by atoms with Crippen molar-refractivity contribution in [2.24, 2.45) is 0 Å². The molecule has 0 aliphatic heterocycles. The minimum atomic E-state index is -0.541. The van der Waals surface area contributed by atoms with Crippen LogP contribution in [-0.2, 0) is 6.42 Å². The van der Waals surface area contributed by atoms with Gasteiger partial charge in [0.05, 0.1) is 22.2 Å². The zero-order valence-corrected chi connectivity index (χ0v) is 14.5. The van der Waals surface area contributed by atoms with E-state index in [0.29, 0.717) is 24.0 Å². The Morgan fingerprint density at radius 3 is 2.85 bits per heavy atom. The average molecular weight is 367 g/mol. The maximum atomic E-state index is 11.8. The van der Waals surface area contributed by atoms with Crippen LogP contribution in [-0.4, -0.2) is 34.4 Å². The number of nitrogens with zero attached hydrogens (tertiary/aromatic N) is 2. The van der Waals surface area contributed by atoms with Crippen LogP contribution >= 0.6 is 0 Å². The third-order valence-electron chi connectivity index (χ3n) is 4.10. The molecule has 3 rings (SSSR count). The van der Waals surface area contributed by atoms with E-state index >= 15 is 0 Å². The zero-order chi connectivity index (χ0) is 19.4. The Kier molecular flexibility index (Phi) is 5.11. The number of nitro benzene ring substituents is 1. The van der Waals surface area contributed by atoms with E-state index in [1.807, 2.05) is 6.07 Å². The monoisotopic (exact) mass is 367 g/mol. The summed E-state index contributed by atoms with van der Waals surface area (Å²) >= 11 is 0. The molecule has 9 nitrogen and oxygen atoms in total. The third-order valence-corrected chi connectivity index (χ3v) is 4.10. The van der Waals surface area contributed by atoms with Crippen molar-refractivity contribution in [1.29, 1.82) is 0 Å². The van der Waals surface area contributed by atoms with Gasteiger partial charge < -0.3 is 15.6 Å². The number of carbonyl (C=O) groups is 1. The Bertz CT molecular complexity index is 1080. The zero-order valence-electron chi connectivity index (χ0n) is 14.5. The Morgan fingerprint density at radius 2 is 2.11 bits per heavy atom. The lowest BCUT2D eigenvalue weighted by molar-refractivity contribution is -0.383. The molecule has 1 aromatic heterocycles. The van der Waals surface area contributed by atoms with E-state index in [-0.39, 0.29) is 22.7 Å². The van der Waals surface area contributed by atoms with Crippen molar-refractivity contribution in [3.63, 3.8) is 0 Å². The van der Waals surface area contributed by atoms with E-state index in [0.717, 1.165) is 5.56 Å². The minimum Gasteiger partial charge on any atom is -0.379 e. The largest absolute Gasteiger partial charge is 0.379 e. The fourth-order valence-corrected chi connectivity index (χ4v) is 2.75. The van der Waals surface area contributed by atoms with E-state index in [1.54, 1.807) is 25.2 Å². The third kappa shape index (κ3) is 3.92. The maximum absolute atomic E-state index is 11.8. The Hall–Kier alpha value is -3.75. The van der Waals surface area contributed by atoms with Crippen LogP contribution in [0.15, 0.2) is 47.5 Å². The molecular weight excluding hydrogens is 350 g/mol. The molecule has 2 aromatic carbocycles. The summed E-state index contributed by atoms with van der Waals surface area (Å²) in [5.74, 6) is -0.175. The summed E-state index contributed by atoms with van der Waals surface area (Å²) < 4.78 is 0. The highest BCUT2D eigenvalue weighted by Crippen LogP contribution is 2.27. The first-order valence-corrected chi connectivity index (χ1v) is 8.20. The molecule has 3 aromatic rings. The highest BCUT2D eigenvalue weighted by atomic mass is 16.6. The highest BCUT2D eigenvalue weighted by molar-refractivity contribution is 5.94. The molecule has 0 aliphatic rings. The van der Waals surface area contributed by atoms with E-state index in [2.05, 4.69) is 20.6 Å². The van der Waals surface area contributed by atoms with E-state index in [9.17, 15) is 19.7 Å². The number of fused-ring (bicyclic) bond motifs is 1. The lowest BCUT2D eigenvalue weighted by Crippen LogP contribution is -2.18. The molecule has 3 N–H and O–H groups in total. The number of carbonyl (C=O) groups excluding carboxylic acids is 1. The number of rotatable bonds is 6. The second kappa shape index (κ2) is 7.65. The highest BCUT2D eigenvalue weighted by Gasteiger charge is 2.17. The minimum absolute atomic E-state index is 0.160. The topological polar surface area (TPSA) is 130 Å². The molecule has 27 heavy (non-hydrogen) atoms. The van der Waals surface area contributed by atoms with Gasteiger partial charge in [-0.1, -0.05) is 12.1 Å². The molecule has 0 bridgehead atoms. The molecule has 1 amide bonds. The van der Waals surface area contributed by atoms with Gasteiger partial charge in [-0.25, -0.2) is 4.98 Å². The van der Waals surface area contributed by atoms with Gasteiger partial charge in [-0.3, -0.25) is 19.7 Å². The first-order chi connectivity index (χ1) is 13.0. The Balaban J connectivity index is 1.81. The van der Waals surface area contributed by atoms with E-state index < -0.39 is 10.5 Å². The van der Waals surface area contributed by atoms with E-state index in [1.165, 1.54) is 18.5 Å². The van der Waals surface area contributed by atoms with Crippen LogP contribution in [0.4, 0.5) is 11.4 Å². The fraction of sp³-hybridized carbons (Fsp3) is 0.167. The number of aromatic nitrogens is 2. The van der Waals surface area contributed by atoms with Gasteiger partial charge in [0.2, 0.25) is 0 Å². The lowest BCUT2D eigenvalue weighted by Gasteiger charge is -2.09. The number of amides is 1. The molecule has 138 valence electrons. The van der Waals surface area contributed by atoms with E-state index in [4.69, 9.17) is 0 Å². The van der Waals surface area contributed by atoms with Crippen LogP contribution in [0, 0.1) is 10.1 Å². The van der Waals surface area contributed by atoms with Crippen molar-refractivity contribution < 1.29 is 9.72 Å². The standard InChI is InChI=1S/C18H17N5O4/c1-19-17(24)12-4-2-3-11(7-12)5-6-20-15-9-14-13(8-16(15)23(26)27)18(25)22-10-21-14/h2-4,7-10,20H,5-6H2,1H3,(H,19,24)(H,21,22,25). The number of hydrogen-bond donors (Lipinski definition) is 3. The molecule has 0 fully saturated rings. The van der Waals surface area contributed by atoms with Gasteiger partial charge in [0.15, 0.2) is 0 Å². The number of benzene rings is 2. The molecule has 9 heteroatoms. The summed E-state index contributed by atoms with van der Waals surface area (Å²) in [5, 5.41) is 17.1. The summed E-state index contributed by atoms with van der Waals surface area (Å²) in [6.45, 7) is 0.409. The smallest absolute Gasteiger partial charge is 0.293 e. The maximum Gasteiger partial charge on any atom is 0.293 e. The van der Waals surface area contributed by atoms with Gasteiger partial charge in [0.1, 0.15) is 5.69 Å². The van der Waals surface area contributed by atoms with Gasteiger partial charge >= 0.3 is 0 Å². The molecule has 0 saturated heterocycles. The molecule has 0 unspecified atom stereocenters. The SMILES string of the molecule is CNC(=O)c1cccc(CCNc2cc3nc[nH]c(=O)c3cc2[N+](=O)[O-])c1. The van der Waals surface area contributed by atoms with Crippen LogP contribution in [0.5, 0.6) is 0 Å². The van der Waals surface area contributed by atoms with Crippen LogP contribution < -0.4 is 16.2 Å². The van der Waals surface area contributed by atoms with Crippen molar-refractivity contribution in [3.05, 3.63) is 74.3 Å². The second-order valence-corrected chi connectivity index (χ2v) is 5.83. The molecule has 1 heterocycles. The van der Waals surface area contributed by atoms with Crippen molar-refractivity contribution in [1.82, 2.24) is 15.3 Å². The molecule has 0 atom stereocenters. The van der Waals surface area contributed by atoms with Gasteiger partial charge in [-0.05, 0) is 30.2 Å². The molecule has 0 aliphatic carbocycles. The summed E-state index contributed by atoms with van der Waals surface area (Å²) in [4.78, 5) is 40.8. The van der Waals surface area contributed by atoms with Crippen molar-refractivity contribution >= 4 is 28.2 Å². The number of hydrogen-bond acceptors (Lipinski definition) is 6. The number of aromatic amines is 1. The first kappa shape index (κ1) is 18.1. The summed E-state index contributed by atoms with van der Waals surface area (Å²) in [6.07, 6.45) is 1.81. The normalized spacial score (nSPS) is 10.6. The van der Waals surface area contributed by atoms with Gasteiger partial charge in [0.25, 0.3) is 17.2 Å². The number of H-pyrrole nitrogens is 1. The number of anilines is 1. The quantitative estimate of drug-likeness (QED) is 0.450. The molecule has 0 spiro atoms. The molecular formula is C18H17N5O4. The summed E-state index contributed by atoms with van der Waals surface area (Å²) in [6, 6.07) is 9.86.